The number of ether oxygens (including phenoxy) is 4. The Balaban J connectivity index is 1.51. The summed E-state index contributed by atoms with van der Waals surface area (Å²) in [5, 5.41) is 11.5. The van der Waals surface area contributed by atoms with E-state index in [9.17, 15) is 14.7 Å². The number of carbonyl (C=O) groups excluding carboxylic acids is 2. The van der Waals surface area contributed by atoms with Crippen LogP contribution in [0.25, 0.3) is 5.76 Å². The largest absolute Gasteiger partial charge is 0.507 e. The van der Waals surface area contributed by atoms with E-state index in [1.807, 2.05) is 16.8 Å². The molecule has 3 heterocycles. The molecule has 41 heavy (non-hydrogen) atoms. The molecular formula is C31H35N3O7. The van der Waals surface area contributed by atoms with Crippen LogP contribution >= 0.6 is 0 Å². The number of aliphatic hydroxyl groups is 1. The topological polar surface area (TPSA) is 112 Å². The maximum atomic E-state index is 13.5. The van der Waals surface area contributed by atoms with Gasteiger partial charge in [0.25, 0.3) is 11.7 Å². The van der Waals surface area contributed by atoms with Gasteiger partial charge in [-0.25, -0.2) is 4.98 Å². The molecule has 5 rings (SSSR count). The van der Waals surface area contributed by atoms with Gasteiger partial charge in [-0.2, -0.15) is 0 Å². The van der Waals surface area contributed by atoms with Crippen molar-refractivity contribution >= 4 is 17.4 Å². The van der Waals surface area contributed by atoms with Crippen molar-refractivity contribution in [2.24, 2.45) is 0 Å². The number of ketones is 1. The summed E-state index contributed by atoms with van der Waals surface area (Å²) in [6.45, 7) is 4.41. The Morgan fingerprint density at radius 3 is 2.61 bits per heavy atom. The van der Waals surface area contributed by atoms with Crippen LogP contribution < -0.4 is 18.9 Å². The molecule has 0 spiro atoms. The number of aromatic nitrogens is 2. The van der Waals surface area contributed by atoms with Crippen LogP contribution in [0.15, 0.2) is 60.7 Å². The fraction of sp³-hybridized carbons (Fsp3) is 0.387. The second kappa shape index (κ2) is 12.8. The normalized spacial score (nSPS) is 17.6. The summed E-state index contributed by atoms with van der Waals surface area (Å²) in [5.74, 6) is 0.406. The second-order valence-electron chi connectivity index (χ2n) is 9.97. The van der Waals surface area contributed by atoms with E-state index < -0.39 is 17.7 Å². The fourth-order valence-electron chi connectivity index (χ4n) is 5.15. The number of fused-ring (bicyclic) bond motifs is 1. The average molecular weight is 562 g/mol. The molecule has 10 nitrogen and oxygen atoms in total. The Morgan fingerprint density at radius 2 is 1.85 bits per heavy atom. The van der Waals surface area contributed by atoms with Crippen LogP contribution in [0.2, 0.25) is 0 Å². The number of benzene rings is 2. The van der Waals surface area contributed by atoms with Crippen molar-refractivity contribution in [3.63, 3.8) is 0 Å². The molecule has 0 unspecified atom stereocenters. The molecule has 1 amide bonds. The molecule has 2 aromatic carbocycles. The van der Waals surface area contributed by atoms with Crippen molar-refractivity contribution in [3.05, 3.63) is 71.8 Å². The number of aryl methyl sites for hydroxylation is 1. The van der Waals surface area contributed by atoms with Crippen LogP contribution in [0.3, 0.4) is 0 Å². The number of hydrogen-bond donors (Lipinski definition) is 1. The van der Waals surface area contributed by atoms with Gasteiger partial charge in [-0.05, 0) is 48.7 Å². The van der Waals surface area contributed by atoms with E-state index in [1.54, 1.807) is 50.0 Å². The maximum absolute atomic E-state index is 13.5. The summed E-state index contributed by atoms with van der Waals surface area (Å²) >= 11 is 0. The van der Waals surface area contributed by atoms with Crippen molar-refractivity contribution < 1.29 is 33.6 Å². The van der Waals surface area contributed by atoms with Crippen molar-refractivity contribution in [1.29, 1.82) is 0 Å². The highest BCUT2D eigenvalue weighted by Gasteiger charge is 2.46. The number of aliphatic hydroxyl groups excluding tert-OH is 1. The first-order valence-corrected chi connectivity index (χ1v) is 14.0. The number of Topliss-reactive ketones (excluding diaryl/α,β-unsaturated/α-hetero) is 1. The first-order chi connectivity index (χ1) is 20.0. The number of rotatable bonds is 12. The van der Waals surface area contributed by atoms with Gasteiger partial charge in [0.15, 0.2) is 23.0 Å². The van der Waals surface area contributed by atoms with Crippen LogP contribution in [0.4, 0.5) is 0 Å². The summed E-state index contributed by atoms with van der Waals surface area (Å²) in [5.41, 5.74) is 0.996. The van der Waals surface area contributed by atoms with Gasteiger partial charge in [-0.15, -0.1) is 0 Å². The van der Waals surface area contributed by atoms with E-state index in [0.717, 1.165) is 19.3 Å². The van der Waals surface area contributed by atoms with Gasteiger partial charge in [-0.1, -0.05) is 25.8 Å². The Hall–Kier alpha value is -4.47. The van der Waals surface area contributed by atoms with E-state index in [4.69, 9.17) is 18.9 Å². The average Bonchev–Trinajstić information content (AvgIpc) is 3.61. The summed E-state index contributed by atoms with van der Waals surface area (Å²) in [6.07, 6.45) is 8.90. The number of hydrogen-bond acceptors (Lipinski definition) is 8. The summed E-state index contributed by atoms with van der Waals surface area (Å²) in [7, 11) is 1.55. The molecule has 1 N–H and O–H groups in total. The molecule has 1 saturated heterocycles. The third-order valence-electron chi connectivity index (χ3n) is 7.24. The molecule has 0 bridgehead atoms. The Kier molecular flexibility index (Phi) is 8.76. The Bertz CT molecular complexity index is 1420. The van der Waals surface area contributed by atoms with E-state index in [1.165, 1.54) is 4.90 Å². The highest BCUT2D eigenvalue weighted by molar-refractivity contribution is 6.46. The maximum Gasteiger partial charge on any atom is 0.295 e. The molecule has 0 aliphatic carbocycles. The first kappa shape index (κ1) is 28.1. The van der Waals surface area contributed by atoms with Gasteiger partial charge >= 0.3 is 0 Å². The van der Waals surface area contributed by atoms with Crippen LogP contribution in [0.5, 0.6) is 23.0 Å². The number of carbonyl (C=O) groups is 2. The van der Waals surface area contributed by atoms with Gasteiger partial charge in [0.05, 0.1) is 31.7 Å². The molecule has 1 atom stereocenters. The molecule has 216 valence electrons. The van der Waals surface area contributed by atoms with Gasteiger partial charge in [0, 0.05) is 31.0 Å². The highest BCUT2D eigenvalue weighted by atomic mass is 16.6. The minimum absolute atomic E-state index is 0.00739. The monoisotopic (exact) mass is 561 g/mol. The Labute approximate surface area is 239 Å². The minimum Gasteiger partial charge on any atom is -0.507 e. The smallest absolute Gasteiger partial charge is 0.295 e. The number of nitrogens with zero attached hydrogens (tertiary/aromatic N) is 3. The molecule has 10 heteroatoms. The quantitative estimate of drug-likeness (QED) is 0.146. The fourth-order valence-corrected chi connectivity index (χ4v) is 5.15. The lowest BCUT2D eigenvalue weighted by Crippen LogP contribution is -2.31. The third kappa shape index (κ3) is 6.01. The molecular weight excluding hydrogens is 526 g/mol. The number of likely N-dealkylation sites (tertiary alicyclic amines) is 1. The minimum atomic E-state index is -0.825. The number of unbranched alkanes of at least 4 members (excludes halogenated alkanes) is 2. The summed E-state index contributed by atoms with van der Waals surface area (Å²) in [4.78, 5) is 32.5. The lowest BCUT2D eigenvalue weighted by atomic mass is 9.94. The summed E-state index contributed by atoms with van der Waals surface area (Å²) in [6, 6.07) is 9.51. The van der Waals surface area contributed by atoms with E-state index in [-0.39, 0.29) is 11.3 Å². The standard InChI is InChI=1S/C31H35N3O7/c1-3-4-5-15-39-23-9-7-21(18-25(23)38-2)28-27(29(35)22-8-10-24-26(19-22)41-17-16-40-24)30(36)31(37)34(28)13-6-12-33-14-11-32-20-33/h7-11,14,18-20,28,35H,3-6,12-13,15-17H2,1-2H3/t28-/m0/s1. The zero-order chi connectivity index (χ0) is 28.8. The summed E-state index contributed by atoms with van der Waals surface area (Å²) < 4.78 is 24.8. The molecule has 3 aromatic rings. The number of amides is 1. The van der Waals surface area contributed by atoms with Crippen molar-refractivity contribution in [2.75, 3.05) is 33.5 Å². The van der Waals surface area contributed by atoms with Crippen LogP contribution in [-0.4, -0.2) is 64.7 Å². The van der Waals surface area contributed by atoms with Crippen molar-refractivity contribution in [3.8, 4) is 23.0 Å². The lowest BCUT2D eigenvalue weighted by molar-refractivity contribution is -0.139. The van der Waals surface area contributed by atoms with E-state index in [0.29, 0.717) is 73.5 Å². The number of imidazole rings is 1. The molecule has 1 aromatic heterocycles. The lowest BCUT2D eigenvalue weighted by Gasteiger charge is -2.26. The molecule has 2 aliphatic heterocycles. The van der Waals surface area contributed by atoms with Crippen molar-refractivity contribution in [1.82, 2.24) is 14.5 Å². The molecule has 0 radical (unpaired) electrons. The van der Waals surface area contributed by atoms with Gasteiger partial charge in [0.1, 0.15) is 19.0 Å². The first-order valence-electron chi connectivity index (χ1n) is 14.0. The second-order valence-corrected chi connectivity index (χ2v) is 9.97. The highest BCUT2D eigenvalue weighted by Crippen LogP contribution is 2.43. The number of methoxy groups -OCH3 is 1. The SMILES string of the molecule is CCCCCOc1ccc([C@H]2C(=C(O)c3ccc4c(c3)OCCO4)C(=O)C(=O)N2CCCn2ccnc2)cc1OC. The Morgan fingerprint density at radius 1 is 1.02 bits per heavy atom. The zero-order valence-corrected chi connectivity index (χ0v) is 23.4. The van der Waals surface area contributed by atoms with Crippen LogP contribution in [-0.2, 0) is 16.1 Å². The van der Waals surface area contributed by atoms with Gasteiger partial charge in [-0.3, -0.25) is 9.59 Å². The molecule has 0 saturated carbocycles. The van der Waals surface area contributed by atoms with E-state index in [2.05, 4.69) is 11.9 Å². The van der Waals surface area contributed by atoms with Crippen LogP contribution in [0, 0.1) is 0 Å². The zero-order valence-electron chi connectivity index (χ0n) is 23.4. The molecule has 2 aliphatic rings. The molecule has 1 fully saturated rings. The van der Waals surface area contributed by atoms with E-state index >= 15 is 0 Å². The predicted molar refractivity (Wildman–Crippen MR) is 151 cm³/mol. The van der Waals surface area contributed by atoms with Crippen molar-refractivity contribution in [2.45, 2.75) is 45.2 Å². The predicted octanol–water partition coefficient (Wildman–Crippen LogP) is 4.74. The van der Waals surface area contributed by atoms with Crippen LogP contribution in [0.1, 0.15) is 49.8 Å². The third-order valence-corrected chi connectivity index (χ3v) is 7.24. The van der Waals surface area contributed by atoms with Gasteiger partial charge in [0.2, 0.25) is 0 Å². The van der Waals surface area contributed by atoms with Gasteiger partial charge < -0.3 is 33.5 Å².